The number of likely N-dealkylation sites (N-methyl/N-ethyl adjacent to an activating group) is 1. The second-order valence-electron chi connectivity index (χ2n) is 5.74. The first-order chi connectivity index (χ1) is 9.51. The monoisotopic (exact) mass is 293 g/mol. The second-order valence-corrected chi connectivity index (χ2v) is 6.74. The average Bonchev–Trinajstić information content (AvgIpc) is 2.80. The van der Waals surface area contributed by atoms with Gasteiger partial charge in [-0.3, -0.25) is 4.90 Å². The van der Waals surface area contributed by atoms with Gasteiger partial charge < -0.3 is 10.6 Å². The van der Waals surface area contributed by atoms with Crippen LogP contribution >= 0.6 is 11.3 Å². The lowest BCUT2D eigenvalue weighted by Gasteiger charge is -2.25. The fraction of sp³-hybridized carbons (Fsp3) is 0.625. The van der Waals surface area contributed by atoms with Crippen LogP contribution in [0.3, 0.4) is 0 Å². The fourth-order valence-electron chi connectivity index (χ4n) is 2.00. The fourth-order valence-corrected chi connectivity index (χ4v) is 2.85. The Balaban J connectivity index is 2.60. The highest BCUT2D eigenvalue weighted by atomic mass is 32.1. The van der Waals surface area contributed by atoms with Gasteiger partial charge in [-0.25, -0.2) is 0 Å². The number of hydrogen-bond acceptors (Lipinski definition) is 4. The van der Waals surface area contributed by atoms with Gasteiger partial charge in [-0.1, -0.05) is 25.7 Å². The molecule has 0 aliphatic carbocycles. The highest BCUT2D eigenvalue weighted by molar-refractivity contribution is 7.10. The van der Waals surface area contributed by atoms with Gasteiger partial charge in [0.15, 0.2) is 0 Å². The molecule has 0 saturated heterocycles. The van der Waals surface area contributed by atoms with Crippen LogP contribution in [0.4, 0.5) is 0 Å². The molecule has 0 fully saturated rings. The van der Waals surface area contributed by atoms with Crippen molar-refractivity contribution in [2.24, 2.45) is 11.7 Å². The minimum Gasteiger partial charge on any atom is -0.320 e. The predicted octanol–water partition coefficient (Wildman–Crippen LogP) is 2.08. The zero-order chi connectivity index (χ0) is 15.0. The molecular weight excluding hydrogens is 266 g/mol. The van der Waals surface area contributed by atoms with Gasteiger partial charge >= 0.3 is 0 Å². The van der Waals surface area contributed by atoms with Crippen molar-refractivity contribution < 1.29 is 0 Å². The minimum absolute atomic E-state index is 0.424. The molecule has 0 bridgehead atoms. The summed E-state index contributed by atoms with van der Waals surface area (Å²) in [7, 11) is 4.25. The molecule has 112 valence electrons. The SMILES string of the molecule is CC(C)CN(CCN(C)C)Cc1cc(C#CCN)cs1. The van der Waals surface area contributed by atoms with Gasteiger partial charge in [0.2, 0.25) is 0 Å². The van der Waals surface area contributed by atoms with Crippen molar-refractivity contribution in [1.82, 2.24) is 9.80 Å². The first-order valence-electron chi connectivity index (χ1n) is 7.14. The molecule has 4 heteroatoms. The molecule has 2 N–H and O–H groups in total. The Morgan fingerprint density at radius 2 is 2.05 bits per heavy atom. The highest BCUT2D eigenvalue weighted by Crippen LogP contribution is 2.17. The molecule has 1 aromatic heterocycles. The summed E-state index contributed by atoms with van der Waals surface area (Å²) >= 11 is 1.79. The lowest BCUT2D eigenvalue weighted by Crippen LogP contribution is -2.33. The van der Waals surface area contributed by atoms with E-state index < -0.39 is 0 Å². The molecular formula is C16H27N3S. The van der Waals surface area contributed by atoms with E-state index in [0.717, 1.165) is 31.7 Å². The Morgan fingerprint density at radius 3 is 2.65 bits per heavy atom. The summed E-state index contributed by atoms with van der Waals surface area (Å²) < 4.78 is 0. The largest absolute Gasteiger partial charge is 0.320 e. The summed E-state index contributed by atoms with van der Waals surface area (Å²) in [4.78, 5) is 6.14. The first-order valence-corrected chi connectivity index (χ1v) is 8.02. The van der Waals surface area contributed by atoms with Crippen LogP contribution in [0, 0.1) is 17.8 Å². The van der Waals surface area contributed by atoms with Gasteiger partial charge in [0.1, 0.15) is 0 Å². The molecule has 0 spiro atoms. The third-order valence-electron chi connectivity index (χ3n) is 2.85. The summed E-state index contributed by atoms with van der Waals surface area (Å²) in [5, 5.41) is 2.12. The van der Waals surface area contributed by atoms with Gasteiger partial charge in [-0.15, -0.1) is 11.3 Å². The number of nitrogens with zero attached hydrogens (tertiary/aromatic N) is 2. The Labute approximate surface area is 127 Å². The summed E-state index contributed by atoms with van der Waals surface area (Å²) in [5.41, 5.74) is 6.49. The van der Waals surface area contributed by atoms with Gasteiger partial charge in [-0.2, -0.15) is 0 Å². The van der Waals surface area contributed by atoms with E-state index in [4.69, 9.17) is 5.73 Å². The maximum absolute atomic E-state index is 5.40. The normalized spacial score (nSPS) is 11.2. The lowest BCUT2D eigenvalue weighted by atomic mass is 10.2. The maximum Gasteiger partial charge on any atom is 0.0555 e. The predicted molar refractivity (Wildman–Crippen MR) is 88.9 cm³/mol. The highest BCUT2D eigenvalue weighted by Gasteiger charge is 2.10. The van der Waals surface area contributed by atoms with Gasteiger partial charge in [0, 0.05) is 42.0 Å². The molecule has 3 nitrogen and oxygen atoms in total. The van der Waals surface area contributed by atoms with E-state index in [1.807, 2.05) is 0 Å². The van der Waals surface area contributed by atoms with E-state index >= 15 is 0 Å². The van der Waals surface area contributed by atoms with Gasteiger partial charge in [0.05, 0.1) is 6.54 Å². The van der Waals surface area contributed by atoms with Gasteiger partial charge in [0.25, 0.3) is 0 Å². The van der Waals surface area contributed by atoms with E-state index in [1.54, 1.807) is 11.3 Å². The summed E-state index contributed by atoms with van der Waals surface area (Å²) in [5.74, 6) is 6.69. The Morgan fingerprint density at radius 1 is 1.30 bits per heavy atom. The number of thiophene rings is 1. The van der Waals surface area contributed by atoms with E-state index in [9.17, 15) is 0 Å². The maximum atomic E-state index is 5.40. The van der Waals surface area contributed by atoms with Crippen LogP contribution in [0.5, 0.6) is 0 Å². The van der Waals surface area contributed by atoms with Gasteiger partial charge in [-0.05, 0) is 26.1 Å². The number of rotatable bonds is 7. The molecule has 0 aliphatic heterocycles. The molecule has 0 aliphatic rings. The van der Waals surface area contributed by atoms with Crippen molar-refractivity contribution in [2.75, 3.05) is 40.3 Å². The van der Waals surface area contributed by atoms with E-state index in [2.05, 4.69) is 61.0 Å². The molecule has 0 aromatic carbocycles. The molecule has 1 aromatic rings. The smallest absolute Gasteiger partial charge is 0.0555 e. The topological polar surface area (TPSA) is 32.5 Å². The van der Waals surface area contributed by atoms with E-state index in [0.29, 0.717) is 12.5 Å². The third-order valence-corrected chi connectivity index (χ3v) is 3.78. The van der Waals surface area contributed by atoms with E-state index in [1.165, 1.54) is 4.88 Å². The van der Waals surface area contributed by atoms with Crippen LogP contribution in [0.2, 0.25) is 0 Å². The van der Waals surface area contributed by atoms with Crippen LogP contribution in [0.25, 0.3) is 0 Å². The molecule has 0 unspecified atom stereocenters. The molecule has 20 heavy (non-hydrogen) atoms. The average molecular weight is 293 g/mol. The van der Waals surface area contributed by atoms with Crippen LogP contribution in [0.15, 0.2) is 11.4 Å². The summed E-state index contributed by atoms with van der Waals surface area (Å²) in [6.07, 6.45) is 0. The van der Waals surface area contributed by atoms with E-state index in [-0.39, 0.29) is 0 Å². The van der Waals surface area contributed by atoms with Crippen molar-refractivity contribution in [3.05, 3.63) is 21.9 Å². The Kier molecular flexibility index (Phi) is 7.86. The van der Waals surface area contributed by atoms with Crippen LogP contribution in [0.1, 0.15) is 24.3 Å². The van der Waals surface area contributed by atoms with Crippen LogP contribution in [-0.2, 0) is 6.54 Å². The number of nitrogens with two attached hydrogens (primary N) is 1. The Bertz CT molecular complexity index is 440. The van der Waals surface area contributed by atoms with Crippen molar-refractivity contribution >= 4 is 11.3 Å². The molecule has 0 radical (unpaired) electrons. The molecule has 1 heterocycles. The van der Waals surface area contributed by atoms with Crippen molar-refractivity contribution in [3.8, 4) is 11.8 Å². The summed E-state index contributed by atoms with van der Waals surface area (Å²) in [6, 6.07) is 2.19. The number of hydrogen-bond donors (Lipinski definition) is 1. The molecule has 0 amide bonds. The lowest BCUT2D eigenvalue weighted by molar-refractivity contribution is 0.213. The zero-order valence-electron chi connectivity index (χ0n) is 13.1. The van der Waals surface area contributed by atoms with Crippen molar-refractivity contribution in [3.63, 3.8) is 0 Å². The van der Waals surface area contributed by atoms with Crippen molar-refractivity contribution in [1.29, 1.82) is 0 Å². The standard InChI is InChI=1S/C16H27N3S/c1-14(2)11-19(9-8-18(3)4)12-16-10-15(13-20-16)6-5-7-17/h10,13-14H,7-9,11-12,17H2,1-4H3. The first kappa shape index (κ1) is 17.2. The van der Waals surface area contributed by atoms with Crippen molar-refractivity contribution in [2.45, 2.75) is 20.4 Å². The quantitative estimate of drug-likeness (QED) is 0.781. The molecule has 0 saturated carbocycles. The van der Waals surface area contributed by atoms with Crippen LogP contribution < -0.4 is 5.73 Å². The van der Waals surface area contributed by atoms with Crippen LogP contribution in [-0.4, -0.2) is 50.1 Å². The molecule has 0 atom stereocenters. The third kappa shape index (κ3) is 7.06. The molecule has 1 rings (SSSR count). The summed E-state index contributed by atoms with van der Waals surface area (Å²) in [6.45, 7) is 9.32. The minimum atomic E-state index is 0.424. The second kappa shape index (κ2) is 9.15. The zero-order valence-corrected chi connectivity index (χ0v) is 14.0. The Hall–Kier alpha value is -0.860.